The second-order valence-electron chi connectivity index (χ2n) is 5.11. The monoisotopic (exact) mass is 331 g/mol. The fourth-order valence-corrected chi connectivity index (χ4v) is 2.76. The summed E-state index contributed by atoms with van der Waals surface area (Å²) in [7, 11) is 0. The van der Waals surface area contributed by atoms with E-state index in [0.29, 0.717) is 11.2 Å². The number of hydrogen-bond donors (Lipinski definition) is 2. The number of imidazole rings is 1. The summed E-state index contributed by atoms with van der Waals surface area (Å²) in [5.41, 5.74) is 24.1. The molecule has 0 bridgehead atoms. The van der Waals surface area contributed by atoms with Crippen LogP contribution in [-0.2, 0) is 11.3 Å². The largest absolute Gasteiger partial charge is 0.394 e. The molecule has 0 amide bonds. The van der Waals surface area contributed by atoms with Crippen molar-refractivity contribution >= 4 is 17.0 Å². The quantitative estimate of drug-likeness (QED) is 0.454. The number of rotatable bonds is 5. The van der Waals surface area contributed by atoms with E-state index in [4.69, 9.17) is 21.5 Å². The third-order valence-electron chi connectivity index (χ3n) is 3.82. The van der Waals surface area contributed by atoms with Gasteiger partial charge in [0.05, 0.1) is 43.8 Å². The van der Waals surface area contributed by atoms with Gasteiger partial charge in [-0.05, 0) is 11.1 Å². The number of ether oxygens (including phenoxy) is 1. The first-order chi connectivity index (χ1) is 11.7. The van der Waals surface area contributed by atoms with Crippen molar-refractivity contribution in [1.82, 2.24) is 19.5 Å². The minimum atomic E-state index is -0.796. The van der Waals surface area contributed by atoms with E-state index in [0.717, 1.165) is 0 Å². The van der Waals surface area contributed by atoms with Crippen LogP contribution < -0.4 is 5.73 Å². The Balaban J connectivity index is 1.93. The summed E-state index contributed by atoms with van der Waals surface area (Å²) in [4.78, 5) is 17.7. The van der Waals surface area contributed by atoms with Crippen molar-refractivity contribution in [2.75, 3.05) is 12.3 Å². The molecule has 124 valence electrons. The van der Waals surface area contributed by atoms with Crippen molar-refractivity contribution in [2.45, 2.75) is 30.8 Å². The second-order valence-corrected chi connectivity index (χ2v) is 5.11. The number of hydrogen-bond acceptors (Lipinski definition) is 8. The highest BCUT2D eigenvalue weighted by molar-refractivity contribution is 5.81. The Hall–Kier alpha value is -3.11. The van der Waals surface area contributed by atoms with E-state index in [-0.39, 0.29) is 19.0 Å². The van der Waals surface area contributed by atoms with Gasteiger partial charge >= 0.3 is 0 Å². The molecular formula is C11H13N11O2. The molecule has 0 radical (unpaired) electrons. The second kappa shape index (κ2) is 6.56. The van der Waals surface area contributed by atoms with Crippen LogP contribution in [0.1, 0.15) is 0 Å². The van der Waals surface area contributed by atoms with Gasteiger partial charge in [-0.25, -0.2) is 15.0 Å². The van der Waals surface area contributed by atoms with Crippen molar-refractivity contribution in [2.24, 2.45) is 10.2 Å². The number of azide groups is 2. The molecule has 0 aliphatic carbocycles. The smallest absolute Gasteiger partial charge is 0.165 e. The highest BCUT2D eigenvalue weighted by atomic mass is 16.5. The van der Waals surface area contributed by atoms with Gasteiger partial charge in [0, 0.05) is 9.82 Å². The van der Waals surface area contributed by atoms with Crippen molar-refractivity contribution < 1.29 is 9.84 Å². The van der Waals surface area contributed by atoms with Gasteiger partial charge in [-0.15, -0.1) is 0 Å². The Bertz CT molecular complexity index is 838. The van der Waals surface area contributed by atoms with Crippen LogP contribution >= 0.6 is 0 Å². The van der Waals surface area contributed by atoms with E-state index >= 15 is 0 Å². The zero-order valence-electron chi connectivity index (χ0n) is 12.3. The van der Waals surface area contributed by atoms with E-state index in [2.05, 4.69) is 35.0 Å². The maximum atomic E-state index is 9.40. The molecule has 3 rings (SSSR count). The summed E-state index contributed by atoms with van der Waals surface area (Å²) in [6, 6.07) is -1.56. The zero-order valence-corrected chi connectivity index (χ0v) is 12.3. The molecule has 24 heavy (non-hydrogen) atoms. The molecule has 13 nitrogen and oxygen atoms in total. The first kappa shape index (κ1) is 15.8. The van der Waals surface area contributed by atoms with Crippen LogP contribution in [0, 0.1) is 0 Å². The van der Waals surface area contributed by atoms with Crippen LogP contribution in [0.5, 0.6) is 0 Å². The Kier molecular flexibility index (Phi) is 4.31. The molecule has 2 aromatic heterocycles. The molecule has 1 saturated heterocycles. The molecular weight excluding hydrogens is 318 g/mol. The zero-order chi connectivity index (χ0) is 17.1. The summed E-state index contributed by atoms with van der Waals surface area (Å²) >= 11 is 0. The third-order valence-corrected chi connectivity index (χ3v) is 3.82. The average Bonchev–Trinajstić information content (AvgIpc) is 3.13. The fraction of sp³-hybridized carbons (Fsp3) is 0.545. The summed E-state index contributed by atoms with van der Waals surface area (Å²) < 4.78 is 7.36. The predicted octanol–water partition coefficient (Wildman–Crippen LogP) is 0.526. The van der Waals surface area contributed by atoms with E-state index in [9.17, 15) is 5.11 Å². The van der Waals surface area contributed by atoms with Crippen LogP contribution in [0.15, 0.2) is 22.9 Å². The average molecular weight is 331 g/mol. The molecule has 0 spiro atoms. The lowest BCUT2D eigenvalue weighted by molar-refractivity contribution is 0.0000887. The van der Waals surface area contributed by atoms with E-state index in [1.807, 2.05) is 0 Å². The topological polar surface area (TPSA) is 197 Å². The molecule has 1 aliphatic rings. The van der Waals surface area contributed by atoms with E-state index < -0.39 is 24.3 Å². The summed E-state index contributed by atoms with van der Waals surface area (Å²) in [5, 5.41) is 16.7. The predicted molar refractivity (Wildman–Crippen MR) is 81.4 cm³/mol. The number of nitrogens with zero attached hydrogens (tertiary/aromatic N) is 10. The molecule has 3 N–H and O–H groups in total. The van der Waals surface area contributed by atoms with Crippen LogP contribution in [0.2, 0.25) is 0 Å². The van der Waals surface area contributed by atoms with Crippen molar-refractivity contribution in [3.8, 4) is 0 Å². The van der Waals surface area contributed by atoms with Gasteiger partial charge in [0.1, 0.15) is 11.8 Å². The molecule has 3 heterocycles. The Morgan fingerprint density at radius 3 is 2.58 bits per heavy atom. The SMILES string of the molecule is [N-]=[N+]=N[C@H]1[C@H](N=[N+]=[N-])[C@@H](Cn2cnc3c(N)ncnc32)O[C@H]1CO. The number of fused-ring (bicyclic) bond motifs is 1. The van der Waals surface area contributed by atoms with Gasteiger partial charge in [0.2, 0.25) is 0 Å². The van der Waals surface area contributed by atoms with Crippen LogP contribution in [-0.4, -0.2) is 55.5 Å². The summed E-state index contributed by atoms with van der Waals surface area (Å²) in [5.74, 6) is 0.248. The van der Waals surface area contributed by atoms with Gasteiger partial charge in [-0.2, -0.15) is 0 Å². The highest BCUT2D eigenvalue weighted by Gasteiger charge is 2.43. The maximum Gasteiger partial charge on any atom is 0.165 e. The van der Waals surface area contributed by atoms with Crippen LogP contribution in [0.4, 0.5) is 5.82 Å². The van der Waals surface area contributed by atoms with Gasteiger partial charge < -0.3 is 20.1 Å². The lowest BCUT2D eigenvalue weighted by Gasteiger charge is -2.16. The molecule has 0 aromatic carbocycles. The van der Waals surface area contributed by atoms with Gasteiger partial charge in [-0.1, -0.05) is 10.2 Å². The first-order valence-electron chi connectivity index (χ1n) is 6.95. The Morgan fingerprint density at radius 2 is 1.92 bits per heavy atom. The fourth-order valence-electron chi connectivity index (χ4n) is 2.76. The first-order valence-corrected chi connectivity index (χ1v) is 6.95. The normalized spacial score (nSPS) is 26.0. The highest BCUT2D eigenvalue weighted by Crippen LogP contribution is 2.29. The minimum absolute atomic E-state index is 0.227. The molecule has 0 unspecified atom stereocenters. The molecule has 4 atom stereocenters. The van der Waals surface area contributed by atoms with E-state index in [1.54, 1.807) is 4.57 Å². The Labute approximate surface area is 134 Å². The number of anilines is 1. The number of aliphatic hydroxyl groups excluding tert-OH is 1. The third kappa shape index (κ3) is 2.64. The Morgan fingerprint density at radius 1 is 1.21 bits per heavy atom. The summed E-state index contributed by atoms with van der Waals surface area (Å²) in [6.45, 7) is -0.137. The molecule has 1 aliphatic heterocycles. The van der Waals surface area contributed by atoms with Gasteiger partial charge in [0.25, 0.3) is 0 Å². The van der Waals surface area contributed by atoms with Crippen LogP contribution in [0.25, 0.3) is 32.0 Å². The molecule has 0 saturated carbocycles. The van der Waals surface area contributed by atoms with Gasteiger partial charge in [0.15, 0.2) is 11.5 Å². The van der Waals surface area contributed by atoms with Crippen molar-refractivity contribution in [3.63, 3.8) is 0 Å². The minimum Gasteiger partial charge on any atom is -0.394 e. The molecule has 1 fully saturated rings. The number of aromatic nitrogens is 4. The molecule has 2 aromatic rings. The number of aliphatic hydroxyl groups is 1. The van der Waals surface area contributed by atoms with E-state index in [1.165, 1.54) is 12.7 Å². The maximum absolute atomic E-state index is 9.40. The van der Waals surface area contributed by atoms with Gasteiger partial charge in [-0.3, -0.25) is 0 Å². The number of nitrogens with two attached hydrogens (primary N) is 1. The summed E-state index contributed by atoms with van der Waals surface area (Å²) in [6.07, 6.45) is 1.45. The van der Waals surface area contributed by atoms with Crippen molar-refractivity contribution in [3.05, 3.63) is 33.5 Å². The molecule has 13 heteroatoms. The number of nitrogen functional groups attached to an aromatic ring is 1. The lowest BCUT2D eigenvalue weighted by Crippen LogP contribution is -2.32. The van der Waals surface area contributed by atoms with Crippen molar-refractivity contribution in [1.29, 1.82) is 0 Å². The van der Waals surface area contributed by atoms with Crippen LogP contribution in [0.3, 0.4) is 0 Å². The standard InChI is InChI=1S/C11H13N11O2/c12-10-9-11(16-3-15-10)22(4-17-9)1-5-7(18-20-13)8(19-21-14)6(2-23)24-5/h3-8,23H,1-2H2,(H2,12,15,16)/t5-,6+,7-,8-/m1/s1. The lowest BCUT2D eigenvalue weighted by atomic mass is 10.0.